The molecule has 0 aliphatic carbocycles. The van der Waals surface area contributed by atoms with Crippen molar-refractivity contribution in [1.29, 1.82) is 0 Å². The van der Waals surface area contributed by atoms with Crippen molar-refractivity contribution >= 4 is 16.8 Å². The third-order valence-corrected chi connectivity index (χ3v) is 5.02. The molecule has 2 unspecified atom stereocenters. The number of hydrogen-bond donors (Lipinski definition) is 1. The standard InChI is InChI=1S/C18H20N2O/c1-2-12-9-14-7-8-15(10-12)20(14)18(21)17-11-13-5-3-4-6-16(13)19-17/h2-6,11,14-15,19H,7-10H2,1H3. The molecule has 2 fully saturated rings. The van der Waals surface area contributed by atoms with Crippen LogP contribution in [0.2, 0.25) is 0 Å². The van der Waals surface area contributed by atoms with Crippen LogP contribution in [0.4, 0.5) is 0 Å². The number of aromatic nitrogens is 1. The van der Waals surface area contributed by atoms with E-state index in [1.807, 2.05) is 30.3 Å². The van der Waals surface area contributed by atoms with Gasteiger partial charge in [-0.25, -0.2) is 0 Å². The smallest absolute Gasteiger partial charge is 0.270 e. The molecule has 21 heavy (non-hydrogen) atoms. The van der Waals surface area contributed by atoms with E-state index in [1.165, 1.54) is 5.57 Å². The fraction of sp³-hybridized carbons (Fsp3) is 0.389. The third kappa shape index (κ3) is 1.99. The number of para-hydroxylation sites is 1. The number of nitrogens with zero attached hydrogens (tertiary/aromatic N) is 1. The Morgan fingerprint density at radius 1 is 1.24 bits per heavy atom. The molecular weight excluding hydrogens is 260 g/mol. The quantitative estimate of drug-likeness (QED) is 0.791. The average molecular weight is 280 g/mol. The van der Waals surface area contributed by atoms with Gasteiger partial charge in [-0.2, -0.15) is 0 Å². The molecule has 108 valence electrons. The lowest BCUT2D eigenvalue weighted by molar-refractivity contribution is 0.0629. The maximum Gasteiger partial charge on any atom is 0.270 e. The SMILES string of the molecule is CC=C1CC2CCC(C1)N2C(=O)c1cc2ccccc2[nH]1. The van der Waals surface area contributed by atoms with Gasteiger partial charge >= 0.3 is 0 Å². The van der Waals surface area contributed by atoms with Crippen LogP contribution in [0, 0.1) is 0 Å². The van der Waals surface area contributed by atoms with Gasteiger partial charge in [0.05, 0.1) is 0 Å². The summed E-state index contributed by atoms with van der Waals surface area (Å²) >= 11 is 0. The summed E-state index contributed by atoms with van der Waals surface area (Å²) in [6, 6.07) is 10.9. The lowest BCUT2D eigenvalue weighted by Gasteiger charge is -2.36. The average Bonchev–Trinajstić information content (AvgIpc) is 3.05. The maximum atomic E-state index is 12.9. The van der Waals surface area contributed by atoms with E-state index in [9.17, 15) is 4.79 Å². The normalized spacial score (nSPS) is 24.6. The van der Waals surface area contributed by atoms with Crippen molar-refractivity contribution in [3.8, 4) is 0 Å². The summed E-state index contributed by atoms with van der Waals surface area (Å²) in [5, 5.41) is 1.11. The number of amides is 1. The largest absolute Gasteiger partial charge is 0.351 e. The van der Waals surface area contributed by atoms with Crippen LogP contribution in [-0.2, 0) is 0 Å². The first-order chi connectivity index (χ1) is 10.3. The Balaban J connectivity index is 1.66. The number of benzene rings is 1. The lowest BCUT2D eigenvalue weighted by Crippen LogP contribution is -2.44. The van der Waals surface area contributed by atoms with Gasteiger partial charge in [0, 0.05) is 23.0 Å². The molecule has 2 bridgehead atoms. The number of rotatable bonds is 1. The molecule has 1 aromatic heterocycles. The highest BCUT2D eigenvalue weighted by Crippen LogP contribution is 2.39. The predicted molar refractivity (Wildman–Crippen MR) is 84.3 cm³/mol. The monoisotopic (exact) mass is 280 g/mol. The summed E-state index contributed by atoms with van der Waals surface area (Å²) in [6.45, 7) is 2.12. The van der Waals surface area contributed by atoms with E-state index in [4.69, 9.17) is 0 Å². The van der Waals surface area contributed by atoms with E-state index in [0.29, 0.717) is 12.1 Å². The van der Waals surface area contributed by atoms with Crippen LogP contribution in [0.1, 0.15) is 43.1 Å². The number of allylic oxidation sites excluding steroid dienone is 1. The summed E-state index contributed by atoms with van der Waals surface area (Å²) in [7, 11) is 0. The molecule has 2 atom stereocenters. The van der Waals surface area contributed by atoms with E-state index < -0.39 is 0 Å². The fourth-order valence-electron chi connectivity index (χ4n) is 3.95. The summed E-state index contributed by atoms with van der Waals surface area (Å²) in [5.41, 5.74) is 3.29. The van der Waals surface area contributed by atoms with Crippen LogP contribution in [0.3, 0.4) is 0 Å². The van der Waals surface area contributed by atoms with Gasteiger partial charge in [-0.15, -0.1) is 0 Å². The predicted octanol–water partition coefficient (Wildman–Crippen LogP) is 3.88. The second-order valence-electron chi connectivity index (χ2n) is 6.22. The highest BCUT2D eigenvalue weighted by atomic mass is 16.2. The van der Waals surface area contributed by atoms with Crippen molar-refractivity contribution in [2.24, 2.45) is 0 Å². The Kier molecular flexibility index (Phi) is 2.88. The van der Waals surface area contributed by atoms with Crippen LogP contribution in [0.25, 0.3) is 10.9 Å². The summed E-state index contributed by atoms with van der Waals surface area (Å²) in [4.78, 5) is 18.3. The molecule has 0 radical (unpaired) electrons. The molecule has 1 N–H and O–H groups in total. The molecule has 0 saturated carbocycles. The number of nitrogens with one attached hydrogen (secondary N) is 1. The first-order valence-electron chi connectivity index (χ1n) is 7.80. The number of carbonyl (C=O) groups excluding carboxylic acids is 1. The molecular formula is C18H20N2O. The van der Waals surface area contributed by atoms with E-state index in [1.54, 1.807) is 0 Å². The molecule has 3 heterocycles. The summed E-state index contributed by atoms with van der Waals surface area (Å²) in [5.74, 6) is 0.175. The molecule has 3 nitrogen and oxygen atoms in total. The number of aromatic amines is 1. The Bertz CT molecular complexity index is 679. The number of piperidine rings is 1. The lowest BCUT2D eigenvalue weighted by atomic mass is 9.96. The first kappa shape index (κ1) is 12.7. The Labute approximate surface area is 124 Å². The van der Waals surface area contributed by atoms with Crippen molar-refractivity contribution in [3.63, 3.8) is 0 Å². The van der Waals surface area contributed by atoms with Gasteiger partial charge in [0.2, 0.25) is 0 Å². The van der Waals surface area contributed by atoms with Crippen LogP contribution in [0.15, 0.2) is 42.0 Å². The van der Waals surface area contributed by atoms with E-state index in [2.05, 4.69) is 22.9 Å². The highest BCUT2D eigenvalue weighted by Gasteiger charge is 2.41. The molecule has 2 saturated heterocycles. The van der Waals surface area contributed by atoms with Crippen LogP contribution in [0.5, 0.6) is 0 Å². The van der Waals surface area contributed by atoms with Crippen molar-refractivity contribution < 1.29 is 4.79 Å². The maximum absolute atomic E-state index is 12.9. The van der Waals surface area contributed by atoms with Crippen molar-refractivity contribution in [3.05, 3.63) is 47.7 Å². The number of H-pyrrole nitrogens is 1. The van der Waals surface area contributed by atoms with E-state index >= 15 is 0 Å². The summed E-state index contributed by atoms with van der Waals surface area (Å²) < 4.78 is 0. The van der Waals surface area contributed by atoms with Crippen LogP contribution >= 0.6 is 0 Å². The Morgan fingerprint density at radius 3 is 2.62 bits per heavy atom. The molecule has 3 heteroatoms. The topological polar surface area (TPSA) is 36.1 Å². The first-order valence-corrected chi connectivity index (χ1v) is 7.80. The molecule has 2 aliphatic heterocycles. The highest BCUT2D eigenvalue weighted by molar-refractivity contribution is 5.98. The Hall–Kier alpha value is -2.03. The minimum Gasteiger partial charge on any atom is -0.351 e. The van der Waals surface area contributed by atoms with Crippen molar-refractivity contribution in [1.82, 2.24) is 9.88 Å². The van der Waals surface area contributed by atoms with Gasteiger partial charge in [0.1, 0.15) is 5.69 Å². The van der Waals surface area contributed by atoms with Gasteiger partial charge in [0.15, 0.2) is 0 Å². The molecule has 4 rings (SSSR count). The number of hydrogen-bond acceptors (Lipinski definition) is 1. The second-order valence-corrected chi connectivity index (χ2v) is 6.22. The zero-order chi connectivity index (χ0) is 14.4. The number of carbonyl (C=O) groups is 1. The fourth-order valence-corrected chi connectivity index (χ4v) is 3.95. The van der Waals surface area contributed by atoms with Gasteiger partial charge in [0.25, 0.3) is 5.91 Å². The molecule has 2 aliphatic rings. The number of fused-ring (bicyclic) bond motifs is 3. The molecule has 1 aromatic carbocycles. The van der Waals surface area contributed by atoms with E-state index in [-0.39, 0.29) is 5.91 Å². The minimum atomic E-state index is 0.175. The van der Waals surface area contributed by atoms with Gasteiger partial charge < -0.3 is 9.88 Å². The minimum absolute atomic E-state index is 0.175. The van der Waals surface area contributed by atoms with Gasteiger partial charge in [-0.3, -0.25) is 4.79 Å². The molecule has 1 amide bonds. The Morgan fingerprint density at radius 2 is 1.95 bits per heavy atom. The van der Waals surface area contributed by atoms with Crippen molar-refractivity contribution in [2.75, 3.05) is 0 Å². The van der Waals surface area contributed by atoms with Crippen molar-refractivity contribution in [2.45, 2.75) is 44.7 Å². The van der Waals surface area contributed by atoms with Gasteiger partial charge in [-0.05, 0) is 44.7 Å². The molecule has 0 spiro atoms. The zero-order valence-corrected chi connectivity index (χ0v) is 12.3. The van der Waals surface area contributed by atoms with E-state index in [0.717, 1.165) is 42.3 Å². The summed E-state index contributed by atoms with van der Waals surface area (Å²) in [6.07, 6.45) is 6.63. The molecule has 2 aromatic rings. The zero-order valence-electron chi connectivity index (χ0n) is 12.3. The van der Waals surface area contributed by atoms with Crippen LogP contribution < -0.4 is 0 Å². The third-order valence-electron chi connectivity index (χ3n) is 5.02. The second kappa shape index (κ2) is 4.76. The van der Waals surface area contributed by atoms with Gasteiger partial charge in [-0.1, -0.05) is 29.8 Å². The van der Waals surface area contributed by atoms with Crippen LogP contribution in [-0.4, -0.2) is 27.9 Å².